The number of ether oxygens (including phenoxy) is 2. The van der Waals surface area contributed by atoms with Gasteiger partial charge in [0.15, 0.2) is 0 Å². The Kier molecular flexibility index (Phi) is 11.9. The van der Waals surface area contributed by atoms with Gasteiger partial charge in [0.05, 0.1) is 11.2 Å². The molecule has 0 radical (unpaired) electrons. The van der Waals surface area contributed by atoms with Crippen LogP contribution in [0.5, 0.6) is 0 Å². The molecule has 0 heterocycles. The third-order valence-electron chi connectivity index (χ3n) is 4.30. The van der Waals surface area contributed by atoms with Crippen LogP contribution in [0.4, 0.5) is 0 Å². The van der Waals surface area contributed by atoms with Gasteiger partial charge >= 0.3 is 0 Å². The van der Waals surface area contributed by atoms with Crippen LogP contribution in [0, 0.1) is 10.8 Å². The van der Waals surface area contributed by atoms with Crippen molar-refractivity contribution in [3.05, 3.63) is 0 Å². The number of hydrogen-bond donors (Lipinski definition) is 4. The first-order valence-electron chi connectivity index (χ1n) is 7.86. The summed E-state index contributed by atoms with van der Waals surface area (Å²) in [6.45, 7) is 11.0. The lowest BCUT2D eigenvalue weighted by Crippen LogP contribution is -2.47. The first-order valence-corrected chi connectivity index (χ1v) is 7.86. The van der Waals surface area contributed by atoms with Crippen molar-refractivity contribution in [1.29, 1.82) is 10.8 Å². The Hall–Kier alpha value is -0.960. The molecule has 6 N–H and O–H groups in total. The zero-order valence-corrected chi connectivity index (χ0v) is 18.7. The summed E-state index contributed by atoms with van der Waals surface area (Å²) in [6.07, 6.45) is 0.744. The van der Waals surface area contributed by atoms with Gasteiger partial charge in [0.1, 0.15) is 22.7 Å². The fourth-order valence-electron chi connectivity index (χ4n) is 2.39. The Bertz CT molecular complexity index is 469. The summed E-state index contributed by atoms with van der Waals surface area (Å²) in [4.78, 5) is 0. The topological polar surface area (TPSA) is 143 Å². The number of halogens is 2. The molecule has 0 aliphatic carbocycles. The molecule has 10 heteroatoms. The van der Waals surface area contributed by atoms with Crippen LogP contribution in [-0.2, 0) is 9.47 Å². The summed E-state index contributed by atoms with van der Waals surface area (Å²) < 4.78 is 10.8. The van der Waals surface area contributed by atoms with E-state index in [1.54, 1.807) is 28.1 Å². The summed E-state index contributed by atoms with van der Waals surface area (Å²) in [7, 11) is 3.19. The van der Waals surface area contributed by atoms with Gasteiger partial charge in [-0.15, -0.1) is 24.8 Å². The second kappa shape index (κ2) is 10.4. The number of nitrogens with one attached hydrogen (secondary N) is 2. The highest BCUT2D eigenvalue weighted by Crippen LogP contribution is 2.31. The van der Waals surface area contributed by atoms with Gasteiger partial charge in [-0.2, -0.15) is 10.2 Å². The maximum absolute atomic E-state index is 7.89. The van der Waals surface area contributed by atoms with E-state index in [4.69, 9.17) is 31.8 Å². The molecule has 0 rings (SSSR count). The normalized spacial score (nSPS) is 16.8. The fraction of sp³-hybridized carbons (Fsp3) is 0.875. The summed E-state index contributed by atoms with van der Waals surface area (Å²) in [5.74, 6) is -0.235. The lowest BCUT2D eigenvalue weighted by molar-refractivity contribution is 0.00192. The summed E-state index contributed by atoms with van der Waals surface area (Å²) >= 11 is 0. The molecule has 156 valence electrons. The molecule has 0 aromatic rings. The molecule has 0 aromatic heterocycles. The molecular weight excluding hydrogens is 379 g/mol. The first-order chi connectivity index (χ1) is 10.6. The van der Waals surface area contributed by atoms with Crippen molar-refractivity contribution >= 4 is 36.5 Å². The van der Waals surface area contributed by atoms with Crippen molar-refractivity contribution in [2.45, 2.75) is 76.7 Å². The summed E-state index contributed by atoms with van der Waals surface area (Å²) in [5.41, 5.74) is 8.36. The number of amidine groups is 2. The maximum Gasteiger partial charge on any atom is 0.138 e. The summed E-state index contributed by atoms with van der Waals surface area (Å²) in [5, 5.41) is 24.4. The molecule has 0 saturated heterocycles. The third kappa shape index (κ3) is 8.62. The zero-order valence-electron chi connectivity index (χ0n) is 17.1. The predicted octanol–water partition coefficient (Wildman–Crippen LogP) is 3.30. The fourth-order valence-corrected chi connectivity index (χ4v) is 2.39. The van der Waals surface area contributed by atoms with Crippen LogP contribution in [0.15, 0.2) is 10.2 Å². The second-order valence-corrected chi connectivity index (χ2v) is 7.86. The number of nitrogens with zero attached hydrogens (tertiary/aromatic N) is 2. The van der Waals surface area contributed by atoms with E-state index < -0.39 is 22.3 Å². The molecule has 0 bridgehead atoms. The first kappa shape index (κ1) is 29.8. The van der Waals surface area contributed by atoms with Crippen LogP contribution in [0.1, 0.15) is 54.4 Å². The highest BCUT2D eigenvalue weighted by Gasteiger charge is 2.39. The number of methoxy groups -OCH3 is 2. The van der Waals surface area contributed by atoms with E-state index in [1.165, 1.54) is 0 Å². The van der Waals surface area contributed by atoms with E-state index in [0.29, 0.717) is 12.8 Å². The van der Waals surface area contributed by atoms with Gasteiger partial charge < -0.3 is 20.9 Å². The Balaban J connectivity index is -0.00000264. The minimum atomic E-state index is -1.05. The average molecular weight is 415 g/mol. The van der Waals surface area contributed by atoms with E-state index in [9.17, 15) is 0 Å². The van der Waals surface area contributed by atoms with Gasteiger partial charge in [0, 0.05) is 27.1 Å². The lowest BCUT2D eigenvalue weighted by Gasteiger charge is -2.35. The van der Waals surface area contributed by atoms with Crippen molar-refractivity contribution in [3.8, 4) is 0 Å². The average Bonchev–Trinajstić information content (AvgIpc) is 2.44. The smallest absolute Gasteiger partial charge is 0.138 e. The Morgan fingerprint density at radius 2 is 0.962 bits per heavy atom. The van der Waals surface area contributed by atoms with Crippen LogP contribution >= 0.6 is 24.8 Å². The van der Waals surface area contributed by atoms with Gasteiger partial charge in [-0.05, 0) is 41.5 Å². The quantitative estimate of drug-likeness (QED) is 0.247. The van der Waals surface area contributed by atoms with E-state index in [-0.39, 0.29) is 36.5 Å². The SMILES string of the molecule is COC(C)(C)CC(C)(/N=N/C(C)(CC(C)(C)OC)C(=N)N)C(=N)N.Cl.Cl. The van der Waals surface area contributed by atoms with E-state index in [0.717, 1.165) is 0 Å². The summed E-state index contributed by atoms with van der Waals surface area (Å²) in [6, 6.07) is 0. The van der Waals surface area contributed by atoms with Crippen molar-refractivity contribution in [2.75, 3.05) is 14.2 Å². The molecule has 0 amide bonds. The minimum absolute atomic E-state index is 0. The molecule has 2 unspecified atom stereocenters. The van der Waals surface area contributed by atoms with Crippen molar-refractivity contribution in [2.24, 2.45) is 21.7 Å². The van der Waals surface area contributed by atoms with Crippen molar-refractivity contribution in [1.82, 2.24) is 0 Å². The molecule has 0 saturated carbocycles. The second-order valence-electron chi connectivity index (χ2n) is 7.86. The van der Waals surface area contributed by atoms with Gasteiger partial charge in [0.25, 0.3) is 0 Å². The van der Waals surface area contributed by atoms with Gasteiger partial charge in [-0.1, -0.05) is 0 Å². The van der Waals surface area contributed by atoms with Crippen LogP contribution in [-0.4, -0.2) is 48.2 Å². The Morgan fingerprint density at radius 1 is 0.731 bits per heavy atom. The number of nitrogens with two attached hydrogens (primary N) is 2. The number of azo groups is 1. The molecule has 2 atom stereocenters. The molecule has 0 fully saturated rings. The third-order valence-corrected chi connectivity index (χ3v) is 4.30. The van der Waals surface area contributed by atoms with E-state index >= 15 is 0 Å². The monoisotopic (exact) mass is 414 g/mol. The molecule has 0 aromatic carbocycles. The molecule has 0 aliphatic heterocycles. The molecular formula is C16H36Cl2N6O2. The van der Waals surface area contributed by atoms with E-state index in [1.807, 2.05) is 27.7 Å². The van der Waals surface area contributed by atoms with Crippen molar-refractivity contribution < 1.29 is 9.47 Å². The van der Waals surface area contributed by atoms with Crippen molar-refractivity contribution in [3.63, 3.8) is 0 Å². The zero-order chi connectivity index (χ0) is 19.4. The largest absolute Gasteiger partial charge is 0.386 e. The Labute approximate surface area is 169 Å². The van der Waals surface area contributed by atoms with E-state index in [2.05, 4.69) is 10.2 Å². The predicted molar refractivity (Wildman–Crippen MR) is 111 cm³/mol. The van der Waals surface area contributed by atoms with Crippen LogP contribution in [0.3, 0.4) is 0 Å². The lowest BCUT2D eigenvalue weighted by atomic mass is 9.86. The number of rotatable bonds is 10. The molecule has 0 spiro atoms. The van der Waals surface area contributed by atoms with Crippen LogP contribution < -0.4 is 11.5 Å². The highest BCUT2D eigenvalue weighted by molar-refractivity contribution is 5.88. The van der Waals surface area contributed by atoms with Crippen LogP contribution in [0.2, 0.25) is 0 Å². The Morgan fingerprint density at radius 3 is 1.12 bits per heavy atom. The van der Waals surface area contributed by atoms with Gasteiger partial charge in [-0.3, -0.25) is 10.8 Å². The van der Waals surface area contributed by atoms with Gasteiger partial charge in [0.2, 0.25) is 0 Å². The maximum atomic E-state index is 7.89. The molecule has 26 heavy (non-hydrogen) atoms. The standard InChI is InChI=1S/C16H34N6O2.2ClH/c1-13(2,23-7)9-15(5,11(17)18)21-22-16(6,12(19)20)10-14(3,4)24-8;;/h9-10H2,1-8H3,(H3,17,18)(H3,19,20);2*1H/b22-21+;;. The molecule has 8 nitrogen and oxygen atoms in total. The molecule has 0 aliphatic rings. The van der Waals surface area contributed by atoms with Gasteiger partial charge in [-0.25, -0.2) is 0 Å². The highest BCUT2D eigenvalue weighted by atomic mass is 35.5. The minimum Gasteiger partial charge on any atom is -0.386 e. The van der Waals surface area contributed by atoms with Crippen LogP contribution in [0.25, 0.3) is 0 Å². The number of hydrogen-bond acceptors (Lipinski definition) is 6.